The van der Waals surface area contributed by atoms with Gasteiger partial charge in [0.2, 0.25) is 0 Å². The number of nitrogens with two attached hydrogens (primary N) is 2. The maximum atomic E-state index is 10.5. The molecule has 0 aromatic carbocycles. The number of rotatable bonds is 11. The molecule has 6 heteroatoms. The lowest BCUT2D eigenvalue weighted by Gasteiger charge is -2.05. The number of carboxylic acids is 1. The summed E-state index contributed by atoms with van der Waals surface area (Å²) in [5, 5.41) is 9.28. The minimum Gasteiger partial charge on any atom is -0.480 e. The molecule has 5 nitrogen and oxygen atoms in total. The fourth-order valence-electron chi connectivity index (χ4n) is 1.47. The van der Waals surface area contributed by atoms with Gasteiger partial charge in [0.05, 0.1) is 5.84 Å². The molecular formula is C13H27N3O2S. The molecule has 0 radical (unpaired) electrons. The van der Waals surface area contributed by atoms with Gasteiger partial charge >= 0.3 is 5.97 Å². The molecule has 0 spiro atoms. The van der Waals surface area contributed by atoms with Crippen molar-refractivity contribution >= 4 is 23.6 Å². The summed E-state index contributed by atoms with van der Waals surface area (Å²) in [6.45, 7) is 5.03. The van der Waals surface area contributed by atoms with Gasteiger partial charge in [-0.3, -0.25) is 9.79 Å². The maximum Gasteiger partial charge on any atom is 0.320 e. The van der Waals surface area contributed by atoms with E-state index in [2.05, 4.69) is 18.8 Å². The summed E-state index contributed by atoms with van der Waals surface area (Å²) in [6, 6.07) is -0.755. The predicted molar refractivity (Wildman–Crippen MR) is 82.8 cm³/mol. The summed E-state index contributed by atoms with van der Waals surface area (Å²) >= 11 is 1.93. The number of hydrogen-bond acceptors (Lipinski definition) is 4. The molecule has 0 bridgehead atoms. The molecule has 0 aliphatic rings. The average molecular weight is 289 g/mol. The van der Waals surface area contributed by atoms with Crippen molar-refractivity contribution in [1.82, 2.24) is 0 Å². The average Bonchev–Trinajstić information content (AvgIpc) is 2.33. The van der Waals surface area contributed by atoms with Crippen LogP contribution in [0.25, 0.3) is 0 Å². The summed E-state index contributed by atoms with van der Waals surface area (Å²) in [6.07, 6.45) is 4.00. The largest absolute Gasteiger partial charge is 0.480 e. The first-order chi connectivity index (χ1) is 8.93. The molecular weight excluding hydrogens is 262 g/mol. The third kappa shape index (κ3) is 12.0. The molecule has 0 aliphatic carbocycles. The van der Waals surface area contributed by atoms with Crippen molar-refractivity contribution in [3.63, 3.8) is 0 Å². The van der Waals surface area contributed by atoms with E-state index in [-0.39, 0.29) is 0 Å². The number of unbranched alkanes of at least 4 members (excludes halogenated alkanes) is 1. The zero-order chi connectivity index (χ0) is 14.7. The Morgan fingerprint density at radius 3 is 2.58 bits per heavy atom. The summed E-state index contributed by atoms with van der Waals surface area (Å²) in [7, 11) is 0. The topological polar surface area (TPSA) is 102 Å². The lowest BCUT2D eigenvalue weighted by Crippen LogP contribution is -2.29. The third-order valence-corrected chi connectivity index (χ3v) is 3.77. The number of amidine groups is 1. The second-order valence-corrected chi connectivity index (χ2v) is 6.52. The minimum atomic E-state index is -0.939. The van der Waals surface area contributed by atoms with E-state index >= 15 is 0 Å². The second-order valence-electron chi connectivity index (χ2n) is 4.84. The van der Waals surface area contributed by atoms with E-state index in [1.54, 1.807) is 0 Å². The Morgan fingerprint density at radius 2 is 2.00 bits per heavy atom. The summed E-state index contributed by atoms with van der Waals surface area (Å²) in [5.41, 5.74) is 11.2. The van der Waals surface area contributed by atoms with E-state index in [4.69, 9.17) is 16.6 Å². The first-order valence-electron chi connectivity index (χ1n) is 6.82. The van der Waals surface area contributed by atoms with E-state index in [0.29, 0.717) is 24.1 Å². The monoisotopic (exact) mass is 289 g/mol. The van der Waals surface area contributed by atoms with Crippen LogP contribution in [0.5, 0.6) is 0 Å². The van der Waals surface area contributed by atoms with Gasteiger partial charge in [-0.15, -0.1) is 0 Å². The molecule has 1 atom stereocenters. The Kier molecular flexibility index (Phi) is 10.7. The van der Waals surface area contributed by atoms with E-state index in [1.165, 1.54) is 0 Å². The lowest BCUT2D eigenvalue weighted by molar-refractivity contribution is -0.138. The van der Waals surface area contributed by atoms with Crippen LogP contribution in [0.3, 0.4) is 0 Å². The van der Waals surface area contributed by atoms with E-state index < -0.39 is 12.0 Å². The molecule has 0 amide bonds. The van der Waals surface area contributed by atoms with Gasteiger partial charge in [0, 0.05) is 13.0 Å². The Morgan fingerprint density at radius 1 is 1.32 bits per heavy atom. The zero-order valence-electron chi connectivity index (χ0n) is 12.0. The quantitative estimate of drug-likeness (QED) is 0.306. The molecule has 0 rings (SSSR count). The highest BCUT2D eigenvalue weighted by atomic mass is 32.2. The molecule has 19 heavy (non-hydrogen) atoms. The van der Waals surface area contributed by atoms with Crippen molar-refractivity contribution in [2.45, 2.75) is 57.2 Å². The summed E-state index contributed by atoms with van der Waals surface area (Å²) in [5.74, 6) is 0.874. The van der Waals surface area contributed by atoms with E-state index in [1.807, 2.05) is 11.8 Å². The Balaban J connectivity index is 3.51. The number of thioether (sulfide) groups is 1. The normalized spacial score (nSPS) is 13.8. The molecule has 0 aromatic heterocycles. The highest BCUT2D eigenvalue weighted by Crippen LogP contribution is 2.11. The fraction of sp³-hybridized carbons (Fsp3) is 0.846. The van der Waals surface area contributed by atoms with E-state index in [0.717, 1.165) is 31.4 Å². The van der Waals surface area contributed by atoms with Gasteiger partial charge in [0.25, 0.3) is 0 Å². The summed E-state index contributed by atoms with van der Waals surface area (Å²) < 4.78 is 0. The zero-order valence-corrected chi connectivity index (χ0v) is 12.8. The Labute approximate surface area is 120 Å². The van der Waals surface area contributed by atoms with Crippen LogP contribution in [0.4, 0.5) is 0 Å². The van der Waals surface area contributed by atoms with Gasteiger partial charge in [0.15, 0.2) is 0 Å². The maximum absolute atomic E-state index is 10.5. The Hall–Kier alpha value is -0.750. The number of hydrogen-bond donors (Lipinski definition) is 3. The van der Waals surface area contributed by atoms with Gasteiger partial charge < -0.3 is 16.6 Å². The fourth-order valence-corrected chi connectivity index (χ4v) is 2.26. The molecule has 0 unspecified atom stereocenters. The van der Waals surface area contributed by atoms with Gasteiger partial charge in [-0.2, -0.15) is 11.8 Å². The molecule has 0 saturated heterocycles. The summed E-state index contributed by atoms with van der Waals surface area (Å²) in [4.78, 5) is 14.8. The number of aliphatic imine (C=N–C) groups is 1. The number of nitrogens with zero attached hydrogens (tertiary/aromatic N) is 1. The molecule has 0 fully saturated rings. The van der Waals surface area contributed by atoms with Crippen LogP contribution in [0.15, 0.2) is 4.99 Å². The van der Waals surface area contributed by atoms with Crippen LogP contribution >= 0.6 is 11.8 Å². The number of aliphatic carboxylic acids is 1. The Bertz CT molecular complexity index is 283. The lowest BCUT2D eigenvalue weighted by atomic mass is 10.1. The van der Waals surface area contributed by atoms with Crippen molar-refractivity contribution in [3.05, 3.63) is 0 Å². The van der Waals surface area contributed by atoms with Crippen LogP contribution in [-0.2, 0) is 4.79 Å². The van der Waals surface area contributed by atoms with Crippen LogP contribution in [-0.4, -0.2) is 40.5 Å². The van der Waals surface area contributed by atoms with Gasteiger partial charge in [-0.05, 0) is 36.7 Å². The van der Waals surface area contributed by atoms with Gasteiger partial charge in [-0.1, -0.05) is 13.8 Å². The third-order valence-electron chi connectivity index (χ3n) is 2.58. The minimum absolute atomic E-state index is 0.496. The molecule has 112 valence electrons. The highest BCUT2D eigenvalue weighted by Gasteiger charge is 2.09. The van der Waals surface area contributed by atoms with Crippen LogP contribution in [0.1, 0.15) is 46.0 Å². The SMILES string of the molecule is CC(C)SCCCC(N)=NCCCC[C@H](N)C(=O)O. The highest BCUT2D eigenvalue weighted by molar-refractivity contribution is 7.99. The predicted octanol–water partition coefficient (Wildman–Crippen LogP) is 1.85. The number of carboxylic acid groups (broad SMARTS) is 1. The van der Waals surface area contributed by atoms with Crippen molar-refractivity contribution in [2.24, 2.45) is 16.5 Å². The van der Waals surface area contributed by atoms with Crippen molar-refractivity contribution in [1.29, 1.82) is 0 Å². The van der Waals surface area contributed by atoms with Crippen LogP contribution in [0, 0.1) is 0 Å². The molecule has 0 heterocycles. The molecule has 0 saturated carbocycles. The number of carbonyl (C=O) groups is 1. The van der Waals surface area contributed by atoms with Crippen LogP contribution in [0.2, 0.25) is 0 Å². The molecule has 0 aliphatic heterocycles. The van der Waals surface area contributed by atoms with Crippen molar-refractivity contribution in [3.8, 4) is 0 Å². The standard InChI is InChI=1S/C13H27N3O2S/c1-10(2)19-9-5-7-12(15)16-8-4-3-6-11(14)13(17)18/h10-11H,3-9,14H2,1-2H3,(H2,15,16)(H,17,18)/t11-/m0/s1. The smallest absolute Gasteiger partial charge is 0.320 e. The first kappa shape index (κ1) is 18.2. The van der Waals surface area contributed by atoms with Gasteiger partial charge in [-0.25, -0.2) is 0 Å². The molecule has 5 N–H and O–H groups in total. The van der Waals surface area contributed by atoms with Crippen molar-refractivity contribution < 1.29 is 9.90 Å². The van der Waals surface area contributed by atoms with Gasteiger partial charge in [0.1, 0.15) is 6.04 Å². The van der Waals surface area contributed by atoms with Crippen molar-refractivity contribution in [2.75, 3.05) is 12.3 Å². The molecule has 0 aromatic rings. The van der Waals surface area contributed by atoms with Crippen LogP contribution < -0.4 is 11.5 Å². The second kappa shape index (κ2) is 11.1. The first-order valence-corrected chi connectivity index (χ1v) is 7.87. The van der Waals surface area contributed by atoms with E-state index in [9.17, 15) is 4.79 Å².